The molecule has 0 aliphatic heterocycles. The summed E-state index contributed by atoms with van der Waals surface area (Å²) in [5.74, 6) is -0.613. The molecule has 3 N–H and O–H groups in total. The lowest BCUT2D eigenvalue weighted by molar-refractivity contribution is -0.129. The number of rotatable bonds is 9. The molecule has 8 heteroatoms. The molecule has 0 aromatic heterocycles. The Balaban J connectivity index is 2.64. The summed E-state index contributed by atoms with van der Waals surface area (Å²) in [4.78, 5) is 23.4. The van der Waals surface area contributed by atoms with E-state index >= 15 is 0 Å². The number of sulfonamides is 1. The van der Waals surface area contributed by atoms with Crippen molar-refractivity contribution in [2.45, 2.75) is 59.0 Å². The zero-order valence-electron chi connectivity index (χ0n) is 16.0. The van der Waals surface area contributed by atoms with Gasteiger partial charge >= 0.3 is 0 Å². The van der Waals surface area contributed by atoms with Crippen LogP contribution in [-0.2, 0) is 31.9 Å². The van der Waals surface area contributed by atoms with Crippen molar-refractivity contribution in [2.75, 3.05) is 0 Å². The summed E-state index contributed by atoms with van der Waals surface area (Å²) in [5.41, 5.74) is 1.52. The molecule has 0 radical (unpaired) electrons. The minimum atomic E-state index is -3.36. The summed E-state index contributed by atoms with van der Waals surface area (Å²) in [6, 6.07) is 6.29. The van der Waals surface area contributed by atoms with Crippen LogP contribution in [0.1, 0.15) is 45.7 Å². The normalized spacial score (nSPS) is 12.9. The van der Waals surface area contributed by atoms with Crippen LogP contribution in [0.4, 0.5) is 0 Å². The van der Waals surface area contributed by atoms with Gasteiger partial charge < -0.3 is 10.6 Å². The minimum Gasteiger partial charge on any atom is -0.350 e. The van der Waals surface area contributed by atoms with Gasteiger partial charge in [0, 0.05) is 19.5 Å². The summed E-state index contributed by atoms with van der Waals surface area (Å²) in [6.07, 6.45) is 0. The maximum Gasteiger partial charge on any atom is 0.243 e. The van der Waals surface area contributed by atoms with Gasteiger partial charge in [0.25, 0.3) is 0 Å². The van der Waals surface area contributed by atoms with E-state index < -0.39 is 16.1 Å². The first-order chi connectivity index (χ1) is 12.0. The first-order valence-electron chi connectivity index (χ1n) is 8.63. The molecule has 0 saturated carbocycles. The topological polar surface area (TPSA) is 104 Å². The van der Waals surface area contributed by atoms with Crippen molar-refractivity contribution >= 4 is 21.8 Å². The molecule has 0 bridgehead atoms. The van der Waals surface area contributed by atoms with Gasteiger partial charge in [0.1, 0.15) is 6.04 Å². The molecule has 146 valence electrons. The van der Waals surface area contributed by atoms with Gasteiger partial charge in [-0.15, -0.1) is 0 Å². The molecule has 0 heterocycles. The molecule has 0 unspecified atom stereocenters. The lowest BCUT2D eigenvalue weighted by Crippen LogP contribution is -2.48. The highest BCUT2D eigenvalue weighted by atomic mass is 32.2. The molecular weight excluding hydrogens is 354 g/mol. The number of carbonyl (C=O) groups is 2. The van der Waals surface area contributed by atoms with E-state index in [1.54, 1.807) is 38.1 Å². The molecule has 1 aromatic rings. The van der Waals surface area contributed by atoms with Crippen molar-refractivity contribution in [2.24, 2.45) is 5.92 Å². The van der Waals surface area contributed by atoms with Gasteiger partial charge in [-0.25, -0.2) is 13.1 Å². The molecule has 2 amide bonds. The largest absolute Gasteiger partial charge is 0.350 e. The minimum absolute atomic E-state index is 0.0278. The zero-order chi connectivity index (χ0) is 19.9. The van der Waals surface area contributed by atoms with Crippen molar-refractivity contribution in [3.63, 3.8) is 0 Å². The quantitative estimate of drug-likeness (QED) is 0.598. The molecule has 1 aromatic carbocycles. The van der Waals surface area contributed by atoms with Crippen LogP contribution in [0.2, 0.25) is 0 Å². The van der Waals surface area contributed by atoms with Crippen LogP contribution in [0.15, 0.2) is 24.3 Å². The van der Waals surface area contributed by atoms with Crippen LogP contribution in [-0.4, -0.2) is 32.3 Å². The van der Waals surface area contributed by atoms with Crippen molar-refractivity contribution < 1.29 is 18.0 Å². The van der Waals surface area contributed by atoms with E-state index in [2.05, 4.69) is 15.4 Å². The third kappa shape index (κ3) is 7.97. The highest BCUT2D eigenvalue weighted by molar-refractivity contribution is 7.88. The number of hydrogen-bond donors (Lipinski definition) is 3. The fraction of sp³-hybridized carbons (Fsp3) is 0.556. The van der Waals surface area contributed by atoms with E-state index in [4.69, 9.17) is 0 Å². The molecule has 0 aliphatic carbocycles. The maximum atomic E-state index is 12.2. The molecule has 1 atom stereocenters. The van der Waals surface area contributed by atoms with Gasteiger partial charge in [-0.1, -0.05) is 38.1 Å². The predicted octanol–water partition coefficient (Wildman–Crippen LogP) is 1.29. The molecule has 1 rings (SSSR count). The SMILES string of the molecule is CC(=O)N[C@@H](C(=O)NCc1ccc(CS(=O)(=O)NC(C)C)cc1)C(C)C. The Labute approximate surface area is 156 Å². The standard InChI is InChI=1S/C18H29N3O4S/c1-12(2)17(20-14(5)22)18(23)19-10-15-6-8-16(9-7-15)11-26(24,25)21-13(3)4/h6-9,12-13,17,21H,10-11H2,1-5H3,(H,19,23)(H,20,22)/t17-/m1/s1. The third-order valence-electron chi connectivity index (χ3n) is 3.57. The Morgan fingerprint density at radius 1 is 1.00 bits per heavy atom. The summed E-state index contributed by atoms with van der Waals surface area (Å²) >= 11 is 0. The van der Waals surface area contributed by atoms with Gasteiger partial charge in [0.2, 0.25) is 21.8 Å². The smallest absolute Gasteiger partial charge is 0.243 e. The summed E-state index contributed by atoms with van der Waals surface area (Å²) in [7, 11) is -3.36. The third-order valence-corrected chi connectivity index (χ3v) is 5.11. The van der Waals surface area contributed by atoms with E-state index in [1.807, 2.05) is 13.8 Å². The van der Waals surface area contributed by atoms with Gasteiger partial charge in [-0.2, -0.15) is 0 Å². The highest BCUT2D eigenvalue weighted by Gasteiger charge is 2.22. The Bertz CT molecular complexity index is 712. The van der Waals surface area contributed by atoms with Gasteiger partial charge in [0.05, 0.1) is 5.75 Å². The second-order valence-corrected chi connectivity index (χ2v) is 8.74. The first kappa shape index (κ1) is 22.1. The van der Waals surface area contributed by atoms with Crippen molar-refractivity contribution in [1.82, 2.24) is 15.4 Å². The second kappa shape index (κ2) is 9.68. The fourth-order valence-electron chi connectivity index (χ4n) is 2.43. The average Bonchev–Trinajstić information content (AvgIpc) is 2.49. The van der Waals surface area contributed by atoms with Crippen LogP contribution in [0.25, 0.3) is 0 Å². The van der Waals surface area contributed by atoms with Crippen LogP contribution in [0, 0.1) is 5.92 Å². The summed E-state index contributed by atoms with van der Waals surface area (Å²) in [5, 5.41) is 5.44. The number of amides is 2. The van der Waals surface area contributed by atoms with E-state index in [9.17, 15) is 18.0 Å². The van der Waals surface area contributed by atoms with E-state index in [1.165, 1.54) is 6.92 Å². The van der Waals surface area contributed by atoms with Gasteiger partial charge in [-0.3, -0.25) is 9.59 Å². The molecule has 7 nitrogen and oxygen atoms in total. The summed E-state index contributed by atoms with van der Waals surface area (Å²) < 4.78 is 26.4. The van der Waals surface area contributed by atoms with Crippen LogP contribution >= 0.6 is 0 Å². The van der Waals surface area contributed by atoms with Crippen molar-refractivity contribution in [3.05, 3.63) is 35.4 Å². The molecule has 0 fully saturated rings. The number of carbonyl (C=O) groups excluding carboxylic acids is 2. The highest BCUT2D eigenvalue weighted by Crippen LogP contribution is 2.09. The lowest BCUT2D eigenvalue weighted by Gasteiger charge is -2.21. The monoisotopic (exact) mass is 383 g/mol. The van der Waals surface area contributed by atoms with Gasteiger partial charge in [-0.05, 0) is 30.9 Å². The second-order valence-electron chi connectivity index (χ2n) is 6.99. The predicted molar refractivity (Wildman–Crippen MR) is 102 cm³/mol. The number of benzene rings is 1. The number of hydrogen-bond acceptors (Lipinski definition) is 4. The van der Waals surface area contributed by atoms with Gasteiger partial charge in [0.15, 0.2) is 0 Å². The molecule has 0 saturated heterocycles. The summed E-state index contributed by atoms with van der Waals surface area (Å²) in [6.45, 7) is 8.95. The lowest BCUT2D eigenvalue weighted by atomic mass is 10.0. The van der Waals surface area contributed by atoms with Crippen LogP contribution in [0.3, 0.4) is 0 Å². The first-order valence-corrected chi connectivity index (χ1v) is 10.3. The fourth-order valence-corrected chi connectivity index (χ4v) is 3.86. The molecule has 0 spiro atoms. The Kier molecular flexibility index (Phi) is 8.23. The Hall–Kier alpha value is -1.93. The molecular formula is C18H29N3O4S. The van der Waals surface area contributed by atoms with E-state index in [0.717, 1.165) is 5.56 Å². The zero-order valence-corrected chi connectivity index (χ0v) is 16.8. The van der Waals surface area contributed by atoms with Crippen molar-refractivity contribution in [3.8, 4) is 0 Å². The maximum absolute atomic E-state index is 12.2. The Morgan fingerprint density at radius 2 is 1.54 bits per heavy atom. The van der Waals surface area contributed by atoms with Crippen LogP contribution < -0.4 is 15.4 Å². The molecule has 0 aliphatic rings. The average molecular weight is 384 g/mol. The van der Waals surface area contributed by atoms with E-state index in [-0.39, 0.29) is 29.5 Å². The molecule has 26 heavy (non-hydrogen) atoms. The number of nitrogens with one attached hydrogen (secondary N) is 3. The van der Waals surface area contributed by atoms with E-state index in [0.29, 0.717) is 12.1 Å². The van der Waals surface area contributed by atoms with Crippen molar-refractivity contribution in [1.29, 1.82) is 0 Å². The Morgan fingerprint density at radius 3 is 2.00 bits per heavy atom. The van der Waals surface area contributed by atoms with Crippen LogP contribution in [0.5, 0.6) is 0 Å².